The van der Waals surface area contributed by atoms with Gasteiger partial charge in [0, 0.05) is 17.8 Å². The molecule has 1 aromatic heterocycles. The molecule has 0 spiro atoms. The van der Waals surface area contributed by atoms with Crippen molar-refractivity contribution in [1.82, 2.24) is 15.5 Å². The van der Waals surface area contributed by atoms with Crippen LogP contribution < -0.4 is 5.32 Å². The van der Waals surface area contributed by atoms with E-state index in [1.807, 2.05) is 12.4 Å². The monoisotopic (exact) mass is 213 g/mol. The van der Waals surface area contributed by atoms with Gasteiger partial charge < -0.3 is 5.32 Å². The number of fused-ring (bicyclic) bond motifs is 1. The zero-order chi connectivity index (χ0) is 11.0. The van der Waals surface area contributed by atoms with Crippen LogP contribution >= 0.6 is 0 Å². The molecule has 1 atom stereocenters. The zero-order valence-electron chi connectivity index (χ0n) is 9.33. The van der Waals surface area contributed by atoms with Crippen molar-refractivity contribution in [2.75, 3.05) is 6.54 Å². The van der Waals surface area contributed by atoms with E-state index in [2.05, 4.69) is 40.6 Å². The van der Waals surface area contributed by atoms with E-state index in [0.717, 1.165) is 13.0 Å². The van der Waals surface area contributed by atoms with Crippen molar-refractivity contribution < 1.29 is 0 Å². The van der Waals surface area contributed by atoms with Gasteiger partial charge in [0.1, 0.15) is 0 Å². The van der Waals surface area contributed by atoms with E-state index >= 15 is 0 Å². The highest BCUT2D eigenvalue weighted by molar-refractivity contribution is 5.68. The quantitative estimate of drug-likeness (QED) is 0.763. The van der Waals surface area contributed by atoms with Crippen molar-refractivity contribution in [2.45, 2.75) is 19.4 Å². The fourth-order valence-corrected chi connectivity index (χ4v) is 2.48. The number of benzene rings is 1. The first kappa shape index (κ1) is 9.60. The molecule has 82 valence electrons. The molecular weight excluding hydrogens is 198 g/mol. The second-order valence-corrected chi connectivity index (χ2v) is 4.29. The molecule has 2 N–H and O–H groups in total. The minimum Gasteiger partial charge on any atom is -0.310 e. The predicted molar refractivity (Wildman–Crippen MR) is 64.1 cm³/mol. The molecule has 3 nitrogen and oxygen atoms in total. The van der Waals surface area contributed by atoms with Crippen molar-refractivity contribution in [1.29, 1.82) is 0 Å². The fourth-order valence-electron chi connectivity index (χ4n) is 2.48. The van der Waals surface area contributed by atoms with Gasteiger partial charge in [-0.3, -0.25) is 5.10 Å². The SMILES string of the molecule is CC1NCCc2c(-c3cn[nH]c3)cccc21. The zero-order valence-corrected chi connectivity index (χ0v) is 9.33. The molecule has 1 aliphatic rings. The van der Waals surface area contributed by atoms with Crippen LogP contribution in [0.4, 0.5) is 0 Å². The normalized spacial score (nSPS) is 19.4. The molecular formula is C13H15N3. The highest BCUT2D eigenvalue weighted by Crippen LogP contribution is 2.31. The maximum absolute atomic E-state index is 4.03. The van der Waals surface area contributed by atoms with Gasteiger partial charge in [0.15, 0.2) is 0 Å². The summed E-state index contributed by atoms with van der Waals surface area (Å²) < 4.78 is 0. The van der Waals surface area contributed by atoms with Crippen LogP contribution in [0.3, 0.4) is 0 Å². The lowest BCUT2D eigenvalue weighted by Crippen LogP contribution is -2.28. The smallest absolute Gasteiger partial charge is 0.0565 e. The molecule has 0 fully saturated rings. The third-order valence-corrected chi connectivity index (χ3v) is 3.31. The molecule has 0 aliphatic carbocycles. The summed E-state index contributed by atoms with van der Waals surface area (Å²) in [6, 6.07) is 6.98. The Labute approximate surface area is 94.9 Å². The Morgan fingerprint density at radius 2 is 2.31 bits per heavy atom. The summed E-state index contributed by atoms with van der Waals surface area (Å²) in [4.78, 5) is 0. The molecule has 0 saturated carbocycles. The van der Waals surface area contributed by atoms with E-state index < -0.39 is 0 Å². The maximum Gasteiger partial charge on any atom is 0.0565 e. The number of aromatic nitrogens is 2. The number of aromatic amines is 1. The Morgan fingerprint density at radius 3 is 3.12 bits per heavy atom. The number of nitrogens with zero attached hydrogens (tertiary/aromatic N) is 1. The lowest BCUT2D eigenvalue weighted by molar-refractivity contribution is 0.541. The Bertz CT molecular complexity index is 488. The van der Waals surface area contributed by atoms with Gasteiger partial charge in [0.2, 0.25) is 0 Å². The molecule has 0 saturated heterocycles. The third kappa shape index (κ3) is 1.44. The topological polar surface area (TPSA) is 40.7 Å². The van der Waals surface area contributed by atoms with Crippen molar-refractivity contribution in [3.8, 4) is 11.1 Å². The van der Waals surface area contributed by atoms with Gasteiger partial charge >= 0.3 is 0 Å². The molecule has 1 unspecified atom stereocenters. The fraction of sp³-hybridized carbons (Fsp3) is 0.308. The molecule has 0 radical (unpaired) electrons. The lowest BCUT2D eigenvalue weighted by Gasteiger charge is -2.25. The minimum absolute atomic E-state index is 0.454. The maximum atomic E-state index is 4.03. The van der Waals surface area contributed by atoms with Gasteiger partial charge in [-0.25, -0.2) is 0 Å². The van der Waals surface area contributed by atoms with Crippen molar-refractivity contribution in [2.24, 2.45) is 0 Å². The van der Waals surface area contributed by atoms with E-state index in [4.69, 9.17) is 0 Å². The summed E-state index contributed by atoms with van der Waals surface area (Å²) in [6.45, 7) is 3.28. The van der Waals surface area contributed by atoms with Gasteiger partial charge in [0.05, 0.1) is 6.20 Å². The van der Waals surface area contributed by atoms with Crippen LogP contribution in [0.15, 0.2) is 30.6 Å². The second kappa shape index (κ2) is 3.76. The molecule has 16 heavy (non-hydrogen) atoms. The number of hydrogen-bond donors (Lipinski definition) is 2. The summed E-state index contributed by atoms with van der Waals surface area (Å²) in [7, 11) is 0. The van der Waals surface area contributed by atoms with E-state index in [9.17, 15) is 0 Å². The molecule has 3 rings (SSSR count). The molecule has 2 aromatic rings. The number of H-pyrrole nitrogens is 1. The van der Waals surface area contributed by atoms with Crippen molar-refractivity contribution in [3.63, 3.8) is 0 Å². The molecule has 1 aliphatic heterocycles. The summed E-state index contributed by atoms with van der Waals surface area (Å²) in [6.07, 6.45) is 4.95. The molecule has 0 amide bonds. The molecule has 2 heterocycles. The van der Waals surface area contributed by atoms with Crippen LogP contribution in [0.2, 0.25) is 0 Å². The number of rotatable bonds is 1. The van der Waals surface area contributed by atoms with Crippen LogP contribution in [0.1, 0.15) is 24.1 Å². The minimum atomic E-state index is 0.454. The van der Waals surface area contributed by atoms with Crippen molar-refractivity contribution in [3.05, 3.63) is 41.7 Å². The standard InChI is InChI=1S/C13H15N3/c1-9-11-3-2-4-12(10-7-15-16-8-10)13(11)5-6-14-9/h2-4,7-9,14H,5-6H2,1H3,(H,15,16). The summed E-state index contributed by atoms with van der Waals surface area (Å²) in [5, 5.41) is 10.4. The Morgan fingerprint density at radius 1 is 1.38 bits per heavy atom. The Kier molecular flexibility index (Phi) is 2.26. The molecule has 3 heteroatoms. The summed E-state index contributed by atoms with van der Waals surface area (Å²) in [5.74, 6) is 0. The Hall–Kier alpha value is -1.61. The average Bonchev–Trinajstić information content (AvgIpc) is 2.82. The largest absolute Gasteiger partial charge is 0.310 e. The van der Waals surface area contributed by atoms with E-state index in [-0.39, 0.29) is 0 Å². The van der Waals surface area contributed by atoms with Gasteiger partial charge in [0.25, 0.3) is 0 Å². The first-order valence-electron chi connectivity index (χ1n) is 5.70. The molecule has 0 bridgehead atoms. The number of hydrogen-bond acceptors (Lipinski definition) is 2. The number of nitrogens with one attached hydrogen (secondary N) is 2. The lowest BCUT2D eigenvalue weighted by atomic mass is 9.89. The van der Waals surface area contributed by atoms with Gasteiger partial charge in [-0.2, -0.15) is 5.10 Å². The third-order valence-electron chi connectivity index (χ3n) is 3.31. The molecule has 1 aromatic carbocycles. The van der Waals surface area contributed by atoms with Gasteiger partial charge in [-0.05, 0) is 36.6 Å². The van der Waals surface area contributed by atoms with Gasteiger partial charge in [-0.15, -0.1) is 0 Å². The first-order valence-corrected chi connectivity index (χ1v) is 5.70. The van der Waals surface area contributed by atoms with Crippen LogP contribution in [0.25, 0.3) is 11.1 Å². The second-order valence-electron chi connectivity index (χ2n) is 4.29. The Balaban J connectivity index is 2.16. The van der Waals surface area contributed by atoms with Crippen LogP contribution in [-0.2, 0) is 6.42 Å². The average molecular weight is 213 g/mol. The van der Waals surface area contributed by atoms with Crippen molar-refractivity contribution >= 4 is 0 Å². The predicted octanol–water partition coefficient (Wildman–Crippen LogP) is 2.28. The van der Waals surface area contributed by atoms with E-state index in [0.29, 0.717) is 6.04 Å². The van der Waals surface area contributed by atoms with Crippen LogP contribution in [0, 0.1) is 0 Å². The first-order chi connectivity index (χ1) is 7.86. The summed E-state index contributed by atoms with van der Waals surface area (Å²) in [5.41, 5.74) is 5.39. The summed E-state index contributed by atoms with van der Waals surface area (Å²) >= 11 is 0. The highest BCUT2D eigenvalue weighted by atomic mass is 15.1. The highest BCUT2D eigenvalue weighted by Gasteiger charge is 2.18. The van der Waals surface area contributed by atoms with Gasteiger partial charge in [-0.1, -0.05) is 18.2 Å². The van der Waals surface area contributed by atoms with E-state index in [1.165, 1.54) is 22.3 Å². The van der Waals surface area contributed by atoms with Crippen LogP contribution in [-0.4, -0.2) is 16.7 Å². The van der Waals surface area contributed by atoms with E-state index in [1.54, 1.807) is 0 Å². The van der Waals surface area contributed by atoms with Crippen LogP contribution in [0.5, 0.6) is 0 Å².